The van der Waals surface area contributed by atoms with Gasteiger partial charge in [0, 0.05) is 25.2 Å². The number of nitrogens with zero attached hydrogens (tertiary/aromatic N) is 2. The van der Waals surface area contributed by atoms with Crippen LogP contribution in [-0.2, 0) is 6.54 Å². The van der Waals surface area contributed by atoms with Gasteiger partial charge in [0.15, 0.2) is 5.96 Å². The summed E-state index contributed by atoms with van der Waals surface area (Å²) in [5, 5.41) is 3.05. The zero-order valence-corrected chi connectivity index (χ0v) is 17.8. The van der Waals surface area contributed by atoms with Crippen molar-refractivity contribution >= 4 is 29.9 Å². The summed E-state index contributed by atoms with van der Waals surface area (Å²) in [4.78, 5) is 6.52. The van der Waals surface area contributed by atoms with Gasteiger partial charge in [-0.05, 0) is 45.4 Å². The number of alkyl halides is 3. The Kier molecular flexibility index (Phi) is 10.9. The van der Waals surface area contributed by atoms with E-state index in [-0.39, 0.29) is 36.3 Å². The van der Waals surface area contributed by atoms with Crippen LogP contribution < -0.4 is 15.8 Å². The molecule has 0 fully saturated rings. The van der Waals surface area contributed by atoms with Crippen LogP contribution in [0.4, 0.5) is 13.2 Å². The number of benzene rings is 1. The number of halogens is 4. The monoisotopic (exact) mass is 488 g/mol. The summed E-state index contributed by atoms with van der Waals surface area (Å²) in [6, 6.07) is 6.44. The lowest BCUT2D eigenvalue weighted by atomic mass is 10.2. The lowest BCUT2D eigenvalue weighted by Crippen LogP contribution is -2.44. The van der Waals surface area contributed by atoms with Gasteiger partial charge in [0.1, 0.15) is 5.75 Å². The number of nitrogens with two attached hydrogens (primary N) is 1. The molecular formula is C17H28F3IN4O. The first-order valence-electron chi connectivity index (χ1n) is 8.22. The maximum absolute atomic E-state index is 12.1. The van der Waals surface area contributed by atoms with Crippen LogP contribution in [0.3, 0.4) is 0 Å². The standard InChI is InChI=1S/C17H27F3N4O.HI/c1-12(2)24(13(3)4)10-9-22-16(21)23-11-14-5-7-15(8-6-14)25-17(18,19)20;/h5-8,12-13H,9-11H2,1-4H3,(H3,21,22,23);1H. The third kappa shape index (κ3) is 10.0. The molecule has 0 spiro atoms. The van der Waals surface area contributed by atoms with E-state index in [0.717, 1.165) is 12.1 Å². The predicted molar refractivity (Wildman–Crippen MR) is 109 cm³/mol. The van der Waals surface area contributed by atoms with Gasteiger partial charge in [-0.3, -0.25) is 4.90 Å². The summed E-state index contributed by atoms with van der Waals surface area (Å²) in [5.41, 5.74) is 6.56. The van der Waals surface area contributed by atoms with Crippen LogP contribution in [0.5, 0.6) is 5.75 Å². The first-order chi connectivity index (χ1) is 11.6. The molecule has 0 aromatic heterocycles. The summed E-state index contributed by atoms with van der Waals surface area (Å²) < 4.78 is 40.1. The van der Waals surface area contributed by atoms with E-state index in [2.05, 4.69) is 47.6 Å². The molecule has 9 heteroatoms. The minimum atomic E-state index is -4.69. The normalized spacial score (nSPS) is 12.5. The Hall–Kier alpha value is -1.23. The second-order valence-electron chi connectivity index (χ2n) is 6.25. The fourth-order valence-electron chi connectivity index (χ4n) is 2.45. The number of aliphatic imine (C=N–C) groups is 1. The maximum Gasteiger partial charge on any atom is 0.573 e. The van der Waals surface area contributed by atoms with E-state index in [0.29, 0.717) is 24.6 Å². The molecule has 0 aliphatic heterocycles. The molecular weight excluding hydrogens is 460 g/mol. The third-order valence-electron chi connectivity index (χ3n) is 3.59. The summed E-state index contributed by atoms with van der Waals surface area (Å²) in [5.74, 6) is 0.0527. The fraction of sp³-hybridized carbons (Fsp3) is 0.588. The van der Waals surface area contributed by atoms with Gasteiger partial charge in [-0.15, -0.1) is 37.1 Å². The summed E-state index contributed by atoms with van der Waals surface area (Å²) in [6.07, 6.45) is -4.69. The van der Waals surface area contributed by atoms with Gasteiger partial charge >= 0.3 is 6.36 Å². The summed E-state index contributed by atoms with van der Waals surface area (Å²) in [7, 11) is 0. The van der Waals surface area contributed by atoms with Gasteiger partial charge in [-0.25, -0.2) is 4.99 Å². The SMILES string of the molecule is CC(C)N(CCNC(N)=NCc1ccc(OC(F)(F)F)cc1)C(C)C.I. The van der Waals surface area contributed by atoms with Gasteiger partial charge in [0.2, 0.25) is 0 Å². The Morgan fingerprint density at radius 3 is 2.15 bits per heavy atom. The minimum Gasteiger partial charge on any atom is -0.406 e. The lowest BCUT2D eigenvalue weighted by molar-refractivity contribution is -0.274. The maximum atomic E-state index is 12.1. The molecule has 0 heterocycles. The Labute approximate surface area is 170 Å². The van der Waals surface area contributed by atoms with Gasteiger partial charge in [0.05, 0.1) is 6.54 Å². The zero-order chi connectivity index (χ0) is 19.0. The minimum absolute atomic E-state index is 0. The number of ether oxygens (including phenoxy) is 1. The van der Waals surface area contributed by atoms with E-state index in [9.17, 15) is 13.2 Å². The summed E-state index contributed by atoms with van der Waals surface area (Å²) in [6.45, 7) is 10.4. The molecule has 1 rings (SSSR count). The molecule has 5 nitrogen and oxygen atoms in total. The van der Waals surface area contributed by atoms with Gasteiger partial charge < -0.3 is 15.8 Å². The number of nitrogens with one attached hydrogen (secondary N) is 1. The largest absolute Gasteiger partial charge is 0.573 e. The molecule has 0 unspecified atom stereocenters. The molecule has 0 aliphatic rings. The molecule has 1 aromatic rings. The molecule has 0 saturated carbocycles. The van der Waals surface area contributed by atoms with Crippen molar-refractivity contribution in [3.63, 3.8) is 0 Å². The molecule has 0 saturated heterocycles. The predicted octanol–water partition coefficient (Wildman–Crippen LogP) is 3.73. The first-order valence-corrected chi connectivity index (χ1v) is 8.22. The van der Waals surface area contributed by atoms with Crippen molar-refractivity contribution in [2.45, 2.75) is 52.7 Å². The molecule has 0 bridgehead atoms. The molecule has 0 aliphatic carbocycles. The third-order valence-corrected chi connectivity index (χ3v) is 3.59. The topological polar surface area (TPSA) is 62.9 Å². The number of rotatable bonds is 8. The molecule has 0 atom stereocenters. The van der Waals surface area contributed by atoms with Crippen LogP contribution in [0.2, 0.25) is 0 Å². The van der Waals surface area contributed by atoms with Crippen LogP contribution in [0.15, 0.2) is 29.3 Å². The van der Waals surface area contributed by atoms with E-state index in [1.165, 1.54) is 24.3 Å². The van der Waals surface area contributed by atoms with Crippen molar-refractivity contribution in [3.05, 3.63) is 29.8 Å². The van der Waals surface area contributed by atoms with E-state index >= 15 is 0 Å². The highest BCUT2D eigenvalue weighted by atomic mass is 127. The molecule has 150 valence electrons. The van der Waals surface area contributed by atoms with E-state index in [1.54, 1.807) is 0 Å². The second-order valence-corrected chi connectivity index (χ2v) is 6.25. The van der Waals surface area contributed by atoms with Crippen molar-refractivity contribution in [1.29, 1.82) is 0 Å². The molecule has 26 heavy (non-hydrogen) atoms. The number of hydrogen-bond donors (Lipinski definition) is 2. The summed E-state index contributed by atoms with van der Waals surface area (Å²) >= 11 is 0. The van der Waals surface area contributed by atoms with Crippen molar-refractivity contribution in [3.8, 4) is 5.75 Å². The Morgan fingerprint density at radius 1 is 1.15 bits per heavy atom. The number of hydrogen-bond acceptors (Lipinski definition) is 3. The van der Waals surface area contributed by atoms with Crippen molar-refractivity contribution in [2.75, 3.05) is 13.1 Å². The second kappa shape index (κ2) is 11.5. The van der Waals surface area contributed by atoms with Crippen LogP contribution in [0.1, 0.15) is 33.3 Å². The van der Waals surface area contributed by atoms with Crippen LogP contribution in [0.25, 0.3) is 0 Å². The van der Waals surface area contributed by atoms with Crippen LogP contribution in [0, 0.1) is 0 Å². The highest BCUT2D eigenvalue weighted by molar-refractivity contribution is 14.0. The quantitative estimate of drug-likeness (QED) is 0.333. The van der Waals surface area contributed by atoms with Gasteiger partial charge in [-0.2, -0.15) is 0 Å². The van der Waals surface area contributed by atoms with Crippen molar-refractivity contribution in [1.82, 2.24) is 10.2 Å². The molecule has 0 amide bonds. The zero-order valence-electron chi connectivity index (χ0n) is 15.5. The van der Waals surface area contributed by atoms with E-state index in [4.69, 9.17) is 5.73 Å². The van der Waals surface area contributed by atoms with Crippen LogP contribution in [-0.4, -0.2) is 42.4 Å². The van der Waals surface area contributed by atoms with E-state index in [1.807, 2.05) is 0 Å². The van der Waals surface area contributed by atoms with Gasteiger partial charge in [0.25, 0.3) is 0 Å². The van der Waals surface area contributed by atoms with Crippen molar-refractivity contribution < 1.29 is 17.9 Å². The Bertz CT molecular complexity index is 540. The van der Waals surface area contributed by atoms with Crippen LogP contribution >= 0.6 is 24.0 Å². The Morgan fingerprint density at radius 2 is 1.69 bits per heavy atom. The highest BCUT2D eigenvalue weighted by Crippen LogP contribution is 2.22. The molecule has 3 N–H and O–H groups in total. The highest BCUT2D eigenvalue weighted by Gasteiger charge is 2.30. The number of guanidine groups is 1. The first kappa shape index (κ1) is 24.8. The lowest BCUT2D eigenvalue weighted by Gasteiger charge is -2.30. The fourth-order valence-corrected chi connectivity index (χ4v) is 2.45. The smallest absolute Gasteiger partial charge is 0.406 e. The van der Waals surface area contributed by atoms with Crippen molar-refractivity contribution in [2.24, 2.45) is 10.7 Å². The van der Waals surface area contributed by atoms with Gasteiger partial charge in [-0.1, -0.05) is 12.1 Å². The average Bonchev–Trinajstić information content (AvgIpc) is 2.48. The Balaban J connectivity index is 0.00000625. The average molecular weight is 488 g/mol. The molecule has 0 radical (unpaired) electrons. The molecule has 1 aromatic carbocycles. The van der Waals surface area contributed by atoms with E-state index < -0.39 is 6.36 Å².